The molecule has 1 aromatic heterocycles. The van der Waals surface area contributed by atoms with Gasteiger partial charge in [-0.1, -0.05) is 12.1 Å². The Morgan fingerprint density at radius 3 is 2.54 bits per heavy atom. The highest BCUT2D eigenvalue weighted by Gasteiger charge is 2.37. The van der Waals surface area contributed by atoms with Crippen molar-refractivity contribution < 1.29 is 14.7 Å². The van der Waals surface area contributed by atoms with Crippen molar-refractivity contribution in [3.63, 3.8) is 0 Å². The third-order valence-corrected chi connectivity index (χ3v) is 7.89. The summed E-state index contributed by atoms with van der Waals surface area (Å²) in [5, 5.41) is 9.47. The molecule has 0 saturated carbocycles. The van der Waals surface area contributed by atoms with Crippen LogP contribution in [0.5, 0.6) is 0 Å². The van der Waals surface area contributed by atoms with Gasteiger partial charge in [-0.2, -0.15) is 0 Å². The summed E-state index contributed by atoms with van der Waals surface area (Å²) in [6.45, 7) is 5.13. The molecular formula is C27H35N5O3. The summed E-state index contributed by atoms with van der Waals surface area (Å²) in [4.78, 5) is 37.7. The average molecular weight is 478 g/mol. The Hall–Kier alpha value is -2.97. The van der Waals surface area contributed by atoms with Crippen molar-refractivity contribution in [3.8, 4) is 0 Å². The molecule has 0 radical (unpaired) electrons. The minimum Gasteiger partial charge on any atom is -0.481 e. The van der Waals surface area contributed by atoms with Gasteiger partial charge in [-0.3, -0.25) is 19.6 Å². The second-order valence-electron chi connectivity index (χ2n) is 10.1. The summed E-state index contributed by atoms with van der Waals surface area (Å²) in [7, 11) is 2.17. The lowest BCUT2D eigenvalue weighted by Gasteiger charge is -2.40. The van der Waals surface area contributed by atoms with E-state index < -0.39 is 5.97 Å². The van der Waals surface area contributed by atoms with Crippen molar-refractivity contribution in [2.45, 2.75) is 44.2 Å². The molecule has 3 aliphatic rings. The van der Waals surface area contributed by atoms with E-state index in [0.717, 1.165) is 76.2 Å². The Labute approximate surface area is 207 Å². The van der Waals surface area contributed by atoms with Crippen molar-refractivity contribution in [3.05, 3.63) is 59.4 Å². The van der Waals surface area contributed by atoms with E-state index in [1.165, 1.54) is 11.1 Å². The molecule has 0 bridgehead atoms. The van der Waals surface area contributed by atoms with Crippen LogP contribution in [-0.2, 0) is 17.6 Å². The largest absolute Gasteiger partial charge is 0.481 e. The smallest absolute Gasteiger partial charge is 0.324 e. The third-order valence-electron chi connectivity index (χ3n) is 7.89. The molecule has 1 aromatic carbocycles. The van der Waals surface area contributed by atoms with Crippen molar-refractivity contribution in [1.82, 2.24) is 19.7 Å². The van der Waals surface area contributed by atoms with Crippen LogP contribution < -0.4 is 4.90 Å². The molecule has 8 nitrogen and oxygen atoms in total. The molecule has 8 heteroatoms. The van der Waals surface area contributed by atoms with E-state index >= 15 is 0 Å². The lowest BCUT2D eigenvalue weighted by atomic mass is 9.97. The number of hydrogen-bond acceptors (Lipinski definition) is 5. The molecule has 1 atom stereocenters. The van der Waals surface area contributed by atoms with Crippen LogP contribution in [0.2, 0.25) is 0 Å². The number of aromatic nitrogens is 1. The second-order valence-corrected chi connectivity index (χ2v) is 10.1. The number of rotatable bonds is 6. The monoisotopic (exact) mass is 477 g/mol. The van der Waals surface area contributed by atoms with Gasteiger partial charge in [0.1, 0.15) is 0 Å². The molecule has 0 aliphatic carbocycles. The first-order valence-corrected chi connectivity index (χ1v) is 12.7. The number of fused-ring (bicyclic) bond motifs is 1. The summed E-state index contributed by atoms with van der Waals surface area (Å²) >= 11 is 0. The molecule has 0 spiro atoms. The van der Waals surface area contributed by atoms with Crippen molar-refractivity contribution in [1.29, 1.82) is 0 Å². The molecule has 3 aliphatic heterocycles. The highest BCUT2D eigenvalue weighted by atomic mass is 16.4. The Morgan fingerprint density at radius 1 is 1.06 bits per heavy atom. The van der Waals surface area contributed by atoms with Gasteiger partial charge in [0, 0.05) is 69.4 Å². The fraction of sp³-hybridized carbons (Fsp3) is 0.519. The number of urea groups is 1. The van der Waals surface area contributed by atoms with Gasteiger partial charge in [-0.25, -0.2) is 4.79 Å². The molecular weight excluding hydrogens is 442 g/mol. The van der Waals surface area contributed by atoms with Gasteiger partial charge in [0.15, 0.2) is 0 Å². The number of pyridine rings is 1. The predicted molar refractivity (Wildman–Crippen MR) is 135 cm³/mol. The Kier molecular flexibility index (Phi) is 7.02. The number of piperidine rings is 1. The average Bonchev–Trinajstić information content (AvgIpc) is 3.16. The third kappa shape index (κ3) is 5.18. The highest BCUT2D eigenvalue weighted by Crippen LogP contribution is 2.31. The van der Waals surface area contributed by atoms with Crippen LogP contribution in [0, 0.1) is 0 Å². The lowest BCUT2D eigenvalue weighted by Crippen LogP contribution is -2.47. The number of likely N-dealkylation sites (N-methyl/N-ethyl adjacent to an activating group) is 1. The van der Waals surface area contributed by atoms with Gasteiger partial charge < -0.3 is 14.9 Å². The number of aliphatic carboxylic acids is 1. The van der Waals surface area contributed by atoms with Crippen molar-refractivity contribution in [2.24, 2.45) is 0 Å². The van der Waals surface area contributed by atoms with Gasteiger partial charge in [-0.15, -0.1) is 0 Å². The molecule has 2 aromatic rings. The molecule has 35 heavy (non-hydrogen) atoms. The Bertz CT molecular complexity index is 1050. The molecule has 1 N–H and O–H groups in total. The summed E-state index contributed by atoms with van der Waals surface area (Å²) in [5.74, 6) is -0.807. The summed E-state index contributed by atoms with van der Waals surface area (Å²) in [5.41, 5.74) is 4.72. The van der Waals surface area contributed by atoms with Crippen molar-refractivity contribution >= 4 is 17.7 Å². The number of nitrogens with zero attached hydrogens (tertiary/aromatic N) is 5. The number of carbonyl (C=O) groups is 2. The summed E-state index contributed by atoms with van der Waals surface area (Å²) in [6, 6.07) is 10.5. The normalized spacial score (nSPS) is 21.1. The first kappa shape index (κ1) is 23.8. The summed E-state index contributed by atoms with van der Waals surface area (Å²) < 4.78 is 0. The molecule has 2 fully saturated rings. The number of amides is 2. The maximum Gasteiger partial charge on any atom is 0.324 e. The maximum absolute atomic E-state index is 13.4. The van der Waals surface area contributed by atoms with Crippen LogP contribution in [0.3, 0.4) is 0 Å². The topological polar surface area (TPSA) is 80.2 Å². The van der Waals surface area contributed by atoms with Gasteiger partial charge in [0.25, 0.3) is 0 Å². The van der Waals surface area contributed by atoms with Crippen LogP contribution in [-0.4, -0.2) is 89.1 Å². The second kappa shape index (κ2) is 10.3. The van der Waals surface area contributed by atoms with Gasteiger partial charge in [-0.05, 0) is 67.6 Å². The number of carboxylic acids is 1. The first-order chi connectivity index (χ1) is 17.0. The standard InChI is InChI=1S/C27H35N5O3/c1-29-11-6-20-4-5-24(17-21(20)7-12-29)32-16-15-31(27(32)35)23-8-13-30(14-9-23)25(18-26(33)34)22-3-2-10-28-19-22/h2-5,10,17,19,23,25H,6-9,11-16,18H2,1H3,(H,33,34). The van der Waals surface area contributed by atoms with E-state index in [4.69, 9.17) is 0 Å². The van der Waals surface area contributed by atoms with Gasteiger partial charge >= 0.3 is 12.0 Å². The lowest BCUT2D eigenvalue weighted by molar-refractivity contribution is -0.138. The van der Waals surface area contributed by atoms with Crippen LogP contribution in [0.25, 0.3) is 0 Å². The first-order valence-electron chi connectivity index (χ1n) is 12.7. The number of anilines is 1. The van der Waals surface area contributed by atoms with E-state index in [2.05, 4.69) is 40.0 Å². The molecule has 2 amide bonds. The number of likely N-dealkylation sites (tertiary alicyclic amines) is 1. The highest BCUT2D eigenvalue weighted by molar-refractivity contribution is 5.94. The number of benzene rings is 1. The molecule has 186 valence electrons. The maximum atomic E-state index is 13.4. The zero-order valence-corrected chi connectivity index (χ0v) is 20.5. The Morgan fingerprint density at radius 2 is 1.83 bits per heavy atom. The van der Waals surface area contributed by atoms with E-state index in [1.807, 2.05) is 21.9 Å². The SMILES string of the molecule is CN1CCc2ccc(N3CCN(C4CCN(C(CC(=O)O)c5cccnc5)CC4)C3=O)cc2CC1. The molecule has 2 saturated heterocycles. The van der Waals surface area contributed by atoms with Crippen molar-refractivity contribution in [2.75, 3.05) is 51.2 Å². The van der Waals surface area contributed by atoms with Gasteiger partial charge in [0.2, 0.25) is 0 Å². The fourth-order valence-electron chi connectivity index (χ4n) is 5.83. The number of carbonyl (C=O) groups excluding carboxylic acids is 1. The van der Waals surface area contributed by atoms with E-state index in [-0.39, 0.29) is 24.5 Å². The molecule has 5 rings (SSSR count). The van der Waals surface area contributed by atoms with E-state index in [9.17, 15) is 14.7 Å². The zero-order chi connectivity index (χ0) is 24.4. The van der Waals surface area contributed by atoms with E-state index in [1.54, 1.807) is 12.4 Å². The van der Waals surface area contributed by atoms with Crippen LogP contribution in [0.15, 0.2) is 42.7 Å². The number of carboxylic acid groups (broad SMARTS) is 1. The number of hydrogen-bond donors (Lipinski definition) is 1. The quantitative estimate of drug-likeness (QED) is 0.689. The zero-order valence-electron chi connectivity index (χ0n) is 20.5. The van der Waals surface area contributed by atoms with E-state index in [0.29, 0.717) is 0 Å². The predicted octanol–water partition coefficient (Wildman–Crippen LogP) is 3.03. The molecule has 4 heterocycles. The van der Waals surface area contributed by atoms with Gasteiger partial charge in [0.05, 0.1) is 6.42 Å². The summed E-state index contributed by atoms with van der Waals surface area (Å²) in [6.07, 6.45) is 7.33. The van der Waals surface area contributed by atoms with Crippen LogP contribution in [0.4, 0.5) is 10.5 Å². The van der Waals surface area contributed by atoms with Crippen LogP contribution in [0.1, 0.15) is 42.0 Å². The minimum absolute atomic E-state index is 0.0565. The minimum atomic E-state index is -0.807. The fourth-order valence-corrected chi connectivity index (χ4v) is 5.83. The Balaban J connectivity index is 1.23. The van der Waals surface area contributed by atoms with Crippen LogP contribution >= 0.6 is 0 Å². The molecule has 1 unspecified atom stereocenters.